The second kappa shape index (κ2) is 8.22. The van der Waals surface area contributed by atoms with Gasteiger partial charge in [0.2, 0.25) is 0 Å². The van der Waals surface area contributed by atoms with Crippen LogP contribution < -0.4 is 14.5 Å². The summed E-state index contributed by atoms with van der Waals surface area (Å²) in [6.45, 7) is 0.473. The zero-order chi connectivity index (χ0) is 18.4. The zero-order valence-corrected chi connectivity index (χ0v) is 15.5. The van der Waals surface area contributed by atoms with Crippen molar-refractivity contribution in [2.75, 3.05) is 43.2 Å². The summed E-state index contributed by atoms with van der Waals surface area (Å²) < 4.78 is 38.0. The maximum absolute atomic E-state index is 10.7. The van der Waals surface area contributed by atoms with E-state index < -0.39 is 10.1 Å². The first-order valence-corrected chi connectivity index (χ1v) is 9.52. The molecule has 2 rings (SSSR count). The number of hydrogen-bond acceptors (Lipinski definition) is 6. The summed E-state index contributed by atoms with van der Waals surface area (Å²) in [5.41, 5.74) is 1.94. The largest absolute Gasteiger partial charge is 0.748 e. The van der Waals surface area contributed by atoms with Crippen molar-refractivity contribution < 1.29 is 17.7 Å². The Morgan fingerprint density at radius 2 is 1.52 bits per heavy atom. The molecule has 0 N–H and O–H groups in total. The SMILES string of the molecule is CN(C)c1cccc(Oc2cccc(N(C)CCCS(=O)(=O)[O-])c2)c1. The quantitative estimate of drug-likeness (QED) is 0.672. The topological polar surface area (TPSA) is 72.9 Å². The lowest BCUT2D eigenvalue weighted by atomic mass is 10.2. The summed E-state index contributed by atoms with van der Waals surface area (Å²) in [4.78, 5) is 3.90. The summed E-state index contributed by atoms with van der Waals surface area (Å²) in [5.74, 6) is 1.07. The monoisotopic (exact) mass is 363 g/mol. The van der Waals surface area contributed by atoms with Gasteiger partial charge in [-0.2, -0.15) is 0 Å². The minimum Gasteiger partial charge on any atom is -0.748 e. The first-order valence-electron chi connectivity index (χ1n) is 7.94. The Hall–Kier alpha value is -2.25. The van der Waals surface area contributed by atoms with Crippen LogP contribution in [0.3, 0.4) is 0 Å². The smallest absolute Gasteiger partial charge is 0.129 e. The highest BCUT2D eigenvalue weighted by atomic mass is 32.2. The molecule has 0 radical (unpaired) electrons. The predicted octanol–water partition coefficient (Wildman–Crippen LogP) is 2.92. The number of anilines is 2. The van der Waals surface area contributed by atoms with Crippen LogP contribution in [0.5, 0.6) is 11.5 Å². The Morgan fingerprint density at radius 1 is 0.960 bits per heavy atom. The van der Waals surface area contributed by atoms with Gasteiger partial charge < -0.3 is 19.1 Å². The first kappa shape index (κ1) is 19.1. The van der Waals surface area contributed by atoms with Gasteiger partial charge in [0.05, 0.1) is 10.1 Å². The standard InChI is InChI=1S/C18H24N2O4S/c1-19(2)15-7-4-9-17(13-15)24-18-10-5-8-16(14-18)20(3)11-6-12-25(21,22)23/h4-5,7-10,13-14H,6,11-12H2,1-3H3,(H,21,22,23)/p-1. The molecule has 0 amide bonds. The van der Waals surface area contributed by atoms with Gasteiger partial charge in [-0.05, 0) is 30.7 Å². The molecule has 2 aromatic carbocycles. The van der Waals surface area contributed by atoms with Crippen molar-refractivity contribution in [1.82, 2.24) is 0 Å². The van der Waals surface area contributed by atoms with Crippen LogP contribution in [0.1, 0.15) is 6.42 Å². The molecule has 0 unspecified atom stereocenters. The summed E-state index contributed by atoms with van der Waals surface area (Å²) >= 11 is 0. The van der Waals surface area contributed by atoms with Crippen LogP contribution in [0.15, 0.2) is 48.5 Å². The third-order valence-corrected chi connectivity index (χ3v) is 4.50. The van der Waals surface area contributed by atoms with Gasteiger partial charge in [0.1, 0.15) is 11.5 Å². The molecule has 0 atom stereocenters. The molecule has 2 aromatic rings. The molecule has 25 heavy (non-hydrogen) atoms. The number of rotatable bonds is 8. The Labute approximate surface area is 149 Å². The van der Waals surface area contributed by atoms with Crippen LogP contribution in [-0.4, -0.2) is 46.4 Å². The molecule has 0 fully saturated rings. The Balaban J connectivity index is 2.04. The number of benzene rings is 2. The highest BCUT2D eigenvalue weighted by Crippen LogP contribution is 2.28. The molecule has 0 aliphatic rings. The lowest BCUT2D eigenvalue weighted by Crippen LogP contribution is -2.21. The predicted molar refractivity (Wildman–Crippen MR) is 99.7 cm³/mol. The molecule has 0 saturated carbocycles. The minimum atomic E-state index is -4.17. The van der Waals surface area contributed by atoms with Gasteiger partial charge in [-0.3, -0.25) is 0 Å². The number of nitrogens with zero attached hydrogens (tertiary/aromatic N) is 2. The van der Waals surface area contributed by atoms with E-state index in [9.17, 15) is 13.0 Å². The van der Waals surface area contributed by atoms with Crippen molar-refractivity contribution in [2.45, 2.75) is 6.42 Å². The van der Waals surface area contributed by atoms with Crippen LogP contribution in [0, 0.1) is 0 Å². The van der Waals surface area contributed by atoms with Gasteiger partial charge in [0, 0.05) is 56.9 Å². The van der Waals surface area contributed by atoms with Gasteiger partial charge in [-0.1, -0.05) is 12.1 Å². The second-order valence-electron chi connectivity index (χ2n) is 6.03. The molecule has 0 aromatic heterocycles. The summed E-state index contributed by atoms with van der Waals surface area (Å²) in [7, 11) is 1.62. The molecule has 0 aliphatic carbocycles. The van der Waals surface area contributed by atoms with E-state index in [0.29, 0.717) is 12.3 Å². The fourth-order valence-electron chi connectivity index (χ4n) is 2.35. The van der Waals surface area contributed by atoms with Crippen LogP contribution in [0.25, 0.3) is 0 Å². The zero-order valence-electron chi connectivity index (χ0n) is 14.7. The highest BCUT2D eigenvalue weighted by molar-refractivity contribution is 7.85. The summed E-state index contributed by atoms with van der Waals surface area (Å²) in [5, 5.41) is 0. The van der Waals surface area contributed by atoms with Crippen molar-refractivity contribution >= 4 is 21.5 Å². The van der Waals surface area contributed by atoms with Gasteiger partial charge >= 0.3 is 0 Å². The summed E-state index contributed by atoms with van der Waals surface area (Å²) in [6, 6.07) is 15.3. The Bertz CT molecular complexity index is 806. The molecule has 6 nitrogen and oxygen atoms in total. The van der Waals surface area contributed by atoms with E-state index in [2.05, 4.69) is 0 Å². The Kier molecular flexibility index (Phi) is 6.27. The summed E-state index contributed by atoms with van der Waals surface area (Å²) in [6.07, 6.45) is 0.290. The molecular formula is C18H23N2O4S-. The maximum Gasteiger partial charge on any atom is 0.129 e. The molecule has 0 heterocycles. The van der Waals surface area contributed by atoms with E-state index in [-0.39, 0.29) is 12.2 Å². The van der Waals surface area contributed by atoms with Crippen LogP contribution >= 0.6 is 0 Å². The molecular weight excluding hydrogens is 340 g/mol. The van der Waals surface area contributed by atoms with E-state index in [4.69, 9.17) is 4.74 Å². The van der Waals surface area contributed by atoms with E-state index in [1.54, 1.807) is 0 Å². The average Bonchev–Trinajstić information content (AvgIpc) is 2.54. The first-order chi connectivity index (χ1) is 11.7. The second-order valence-corrected chi connectivity index (χ2v) is 7.55. The molecule has 7 heteroatoms. The number of hydrogen-bond donors (Lipinski definition) is 0. The molecule has 136 valence electrons. The van der Waals surface area contributed by atoms with Crippen molar-refractivity contribution in [3.8, 4) is 11.5 Å². The van der Waals surface area contributed by atoms with Crippen molar-refractivity contribution in [3.05, 3.63) is 48.5 Å². The minimum absolute atomic E-state index is 0.290. The van der Waals surface area contributed by atoms with Gasteiger partial charge in [0.25, 0.3) is 0 Å². The lowest BCUT2D eigenvalue weighted by Gasteiger charge is -2.20. The third kappa shape index (κ3) is 6.28. The Morgan fingerprint density at radius 3 is 2.08 bits per heavy atom. The van der Waals surface area contributed by atoms with E-state index in [1.807, 2.05) is 79.5 Å². The van der Waals surface area contributed by atoms with Crippen molar-refractivity contribution in [2.24, 2.45) is 0 Å². The normalized spacial score (nSPS) is 11.2. The van der Waals surface area contributed by atoms with E-state index in [0.717, 1.165) is 17.1 Å². The molecule has 0 aliphatic heterocycles. The fourth-order valence-corrected chi connectivity index (χ4v) is 2.84. The van der Waals surface area contributed by atoms with Crippen LogP contribution in [0.2, 0.25) is 0 Å². The third-order valence-electron chi connectivity index (χ3n) is 3.72. The van der Waals surface area contributed by atoms with Crippen molar-refractivity contribution in [3.63, 3.8) is 0 Å². The fraction of sp³-hybridized carbons (Fsp3) is 0.333. The van der Waals surface area contributed by atoms with Crippen molar-refractivity contribution in [1.29, 1.82) is 0 Å². The van der Waals surface area contributed by atoms with Gasteiger partial charge in [0.15, 0.2) is 0 Å². The highest BCUT2D eigenvalue weighted by Gasteiger charge is 2.06. The molecule has 0 saturated heterocycles. The van der Waals surface area contributed by atoms with E-state index >= 15 is 0 Å². The van der Waals surface area contributed by atoms with Crippen LogP contribution in [0.4, 0.5) is 11.4 Å². The lowest BCUT2D eigenvalue weighted by molar-refractivity contribution is 0.461. The van der Waals surface area contributed by atoms with Gasteiger partial charge in [-0.15, -0.1) is 0 Å². The molecule has 0 spiro atoms. The average molecular weight is 363 g/mol. The van der Waals surface area contributed by atoms with Gasteiger partial charge in [-0.25, -0.2) is 8.42 Å². The van der Waals surface area contributed by atoms with Crippen LogP contribution in [-0.2, 0) is 10.1 Å². The van der Waals surface area contributed by atoms with E-state index in [1.165, 1.54) is 0 Å². The maximum atomic E-state index is 10.7. The molecule has 0 bridgehead atoms. The number of ether oxygens (including phenoxy) is 1.